The quantitative estimate of drug-likeness (QED) is 0.203. The number of nitrogens with zero attached hydrogens (tertiary/aromatic N) is 4. The number of hydrogen-bond acceptors (Lipinski definition) is 2. The van der Waals surface area contributed by atoms with Gasteiger partial charge in [0.2, 0.25) is 5.95 Å². The minimum Gasteiger partial charge on any atom is -0.308 e. The summed E-state index contributed by atoms with van der Waals surface area (Å²) in [6.07, 6.45) is 0. The standard InChI is InChI=1S/C42H24N4/c1-2-12-25(13-3-1)39-29-17-6-9-19-34(29)43-42(44-39)46-35-20-10-7-16-28(35)32-24-33-31-22-26-14-4-5-15-27(26)23-37(31)45-36-21-11-8-18-30(36)38(40(33)45)41(32)46/h1-24H. The largest absolute Gasteiger partial charge is 0.308 e. The van der Waals surface area contributed by atoms with E-state index in [1.54, 1.807) is 0 Å². The third-order valence-electron chi connectivity index (χ3n) is 9.80. The second kappa shape index (κ2) is 8.68. The fourth-order valence-electron chi connectivity index (χ4n) is 7.88. The first-order chi connectivity index (χ1) is 22.8. The van der Waals surface area contributed by atoms with E-state index in [4.69, 9.17) is 9.97 Å². The Kier molecular flexibility index (Phi) is 4.55. The van der Waals surface area contributed by atoms with Crippen LogP contribution in [0, 0.1) is 0 Å². The molecule has 0 radical (unpaired) electrons. The first-order valence-electron chi connectivity index (χ1n) is 15.7. The molecule has 4 nitrogen and oxygen atoms in total. The first kappa shape index (κ1) is 24.1. The van der Waals surface area contributed by atoms with Crippen molar-refractivity contribution in [3.05, 3.63) is 146 Å². The third kappa shape index (κ3) is 3.03. The zero-order valence-corrected chi connectivity index (χ0v) is 24.6. The van der Waals surface area contributed by atoms with Gasteiger partial charge in [0.15, 0.2) is 0 Å². The molecule has 0 atom stereocenters. The van der Waals surface area contributed by atoms with E-state index in [1.807, 2.05) is 6.07 Å². The fourth-order valence-corrected chi connectivity index (χ4v) is 7.88. The van der Waals surface area contributed by atoms with E-state index in [9.17, 15) is 0 Å². The number of rotatable bonds is 2. The molecule has 212 valence electrons. The molecule has 7 aromatic carbocycles. The van der Waals surface area contributed by atoms with Crippen LogP contribution in [-0.2, 0) is 0 Å². The summed E-state index contributed by atoms with van der Waals surface area (Å²) in [4.78, 5) is 10.6. The number of hydrogen-bond donors (Lipinski definition) is 0. The molecule has 0 saturated heterocycles. The Hall–Kier alpha value is -6.26. The second-order valence-electron chi connectivity index (χ2n) is 12.2. The van der Waals surface area contributed by atoms with Crippen molar-refractivity contribution in [2.24, 2.45) is 0 Å². The molecule has 0 amide bonds. The Labute approximate surface area is 262 Å². The molecule has 0 aliphatic carbocycles. The molecule has 4 heterocycles. The lowest BCUT2D eigenvalue weighted by atomic mass is 10.0. The van der Waals surface area contributed by atoms with Crippen molar-refractivity contribution >= 4 is 81.6 Å². The van der Waals surface area contributed by atoms with Gasteiger partial charge in [0.25, 0.3) is 0 Å². The van der Waals surface area contributed by atoms with Gasteiger partial charge >= 0.3 is 0 Å². The molecule has 0 bridgehead atoms. The molecule has 11 rings (SSSR count). The highest BCUT2D eigenvalue weighted by Gasteiger charge is 2.25. The van der Waals surface area contributed by atoms with E-state index >= 15 is 0 Å². The van der Waals surface area contributed by atoms with Crippen LogP contribution in [0.5, 0.6) is 0 Å². The van der Waals surface area contributed by atoms with Gasteiger partial charge in [-0.25, -0.2) is 9.97 Å². The molecule has 0 aliphatic rings. The van der Waals surface area contributed by atoms with Gasteiger partial charge in [0.1, 0.15) is 0 Å². The monoisotopic (exact) mass is 584 g/mol. The maximum Gasteiger partial charge on any atom is 0.235 e. The minimum absolute atomic E-state index is 0.678. The van der Waals surface area contributed by atoms with Crippen LogP contribution >= 0.6 is 0 Å². The van der Waals surface area contributed by atoms with E-state index in [-0.39, 0.29) is 0 Å². The summed E-state index contributed by atoms with van der Waals surface area (Å²) >= 11 is 0. The van der Waals surface area contributed by atoms with Crippen molar-refractivity contribution in [1.82, 2.24) is 18.9 Å². The van der Waals surface area contributed by atoms with Crippen LogP contribution in [-0.4, -0.2) is 18.9 Å². The summed E-state index contributed by atoms with van der Waals surface area (Å²) in [5, 5.41) is 11.0. The molecule has 0 N–H and O–H groups in total. The second-order valence-corrected chi connectivity index (χ2v) is 12.2. The van der Waals surface area contributed by atoms with Crippen molar-refractivity contribution in [2.45, 2.75) is 0 Å². The molecule has 46 heavy (non-hydrogen) atoms. The fraction of sp³-hybridized carbons (Fsp3) is 0. The molecular weight excluding hydrogens is 560 g/mol. The van der Waals surface area contributed by atoms with E-state index in [0.29, 0.717) is 5.95 Å². The number of aromatic nitrogens is 4. The van der Waals surface area contributed by atoms with Crippen LogP contribution in [0.2, 0.25) is 0 Å². The van der Waals surface area contributed by atoms with Crippen LogP contribution in [0.15, 0.2) is 146 Å². The summed E-state index contributed by atoms with van der Waals surface area (Å²) in [5.74, 6) is 0.678. The summed E-state index contributed by atoms with van der Waals surface area (Å²) in [7, 11) is 0. The van der Waals surface area contributed by atoms with Gasteiger partial charge in [-0.2, -0.15) is 0 Å². The van der Waals surface area contributed by atoms with Gasteiger partial charge < -0.3 is 4.40 Å². The van der Waals surface area contributed by atoms with Crippen LogP contribution in [0.3, 0.4) is 0 Å². The first-order valence-corrected chi connectivity index (χ1v) is 15.7. The van der Waals surface area contributed by atoms with Crippen molar-refractivity contribution < 1.29 is 0 Å². The number of fused-ring (bicyclic) bond motifs is 12. The smallest absolute Gasteiger partial charge is 0.235 e. The average Bonchev–Trinajstić information content (AvgIpc) is 3.75. The zero-order valence-electron chi connectivity index (χ0n) is 24.6. The summed E-state index contributed by atoms with van der Waals surface area (Å²) in [6.45, 7) is 0. The normalized spacial score (nSPS) is 12.3. The number of para-hydroxylation sites is 3. The van der Waals surface area contributed by atoms with Crippen molar-refractivity contribution in [3.8, 4) is 17.2 Å². The minimum atomic E-state index is 0.678. The Morgan fingerprint density at radius 1 is 0.413 bits per heavy atom. The van der Waals surface area contributed by atoms with E-state index < -0.39 is 0 Å². The highest BCUT2D eigenvalue weighted by atomic mass is 15.2. The third-order valence-corrected chi connectivity index (χ3v) is 9.80. The zero-order chi connectivity index (χ0) is 29.9. The highest BCUT2D eigenvalue weighted by molar-refractivity contribution is 6.34. The molecule has 4 heteroatoms. The van der Waals surface area contributed by atoms with E-state index in [0.717, 1.165) is 33.2 Å². The summed E-state index contributed by atoms with van der Waals surface area (Å²) < 4.78 is 4.78. The molecule has 0 unspecified atom stereocenters. The molecule has 0 saturated carbocycles. The molecule has 0 spiro atoms. The molecular formula is C42H24N4. The Bertz CT molecular complexity index is 3020. The maximum absolute atomic E-state index is 5.37. The lowest BCUT2D eigenvalue weighted by Crippen LogP contribution is -2.03. The van der Waals surface area contributed by atoms with Gasteiger partial charge in [0, 0.05) is 43.3 Å². The molecule has 11 aromatic rings. The molecule has 4 aromatic heterocycles. The summed E-state index contributed by atoms with van der Waals surface area (Å²) in [5.41, 5.74) is 8.86. The number of benzene rings is 7. The topological polar surface area (TPSA) is 35.1 Å². The average molecular weight is 585 g/mol. The van der Waals surface area contributed by atoms with Gasteiger partial charge in [-0.05, 0) is 47.2 Å². The van der Waals surface area contributed by atoms with Crippen molar-refractivity contribution in [1.29, 1.82) is 0 Å². The molecule has 0 aliphatic heterocycles. The van der Waals surface area contributed by atoms with Crippen molar-refractivity contribution in [2.75, 3.05) is 0 Å². The van der Waals surface area contributed by atoms with Crippen molar-refractivity contribution in [3.63, 3.8) is 0 Å². The molecule has 0 fully saturated rings. The van der Waals surface area contributed by atoms with Crippen LogP contribution < -0.4 is 0 Å². The lowest BCUT2D eigenvalue weighted by Gasteiger charge is -2.12. The summed E-state index contributed by atoms with van der Waals surface area (Å²) in [6, 6.07) is 52.1. The predicted molar refractivity (Wildman–Crippen MR) is 191 cm³/mol. The van der Waals surface area contributed by atoms with Crippen LogP contribution in [0.1, 0.15) is 0 Å². The lowest BCUT2D eigenvalue weighted by molar-refractivity contribution is 1.02. The van der Waals surface area contributed by atoms with E-state index in [1.165, 1.54) is 59.6 Å². The van der Waals surface area contributed by atoms with Gasteiger partial charge in [-0.15, -0.1) is 0 Å². The predicted octanol–water partition coefficient (Wildman–Crippen LogP) is 10.7. The van der Waals surface area contributed by atoms with Gasteiger partial charge in [-0.3, -0.25) is 4.57 Å². The van der Waals surface area contributed by atoms with Crippen LogP contribution in [0.25, 0.3) is 98.8 Å². The van der Waals surface area contributed by atoms with Gasteiger partial charge in [-0.1, -0.05) is 109 Å². The van der Waals surface area contributed by atoms with Crippen LogP contribution in [0.4, 0.5) is 0 Å². The Morgan fingerprint density at radius 2 is 1.07 bits per heavy atom. The SMILES string of the molecule is c1ccc(-c2nc(-n3c4ccccc4c4cc5c6cc7ccccc7cc6n6c7ccccc7c(c43)c56)nc3ccccc23)cc1. The Morgan fingerprint density at radius 3 is 1.91 bits per heavy atom. The Balaban J connectivity index is 1.38. The van der Waals surface area contributed by atoms with E-state index in [2.05, 4.69) is 148 Å². The highest BCUT2D eigenvalue weighted by Crippen LogP contribution is 2.47. The van der Waals surface area contributed by atoms with Gasteiger partial charge in [0.05, 0.1) is 38.8 Å². The maximum atomic E-state index is 5.37.